The van der Waals surface area contributed by atoms with Crippen LogP contribution in [0.15, 0.2) is 52.4 Å². The second-order valence-electron chi connectivity index (χ2n) is 8.36. The summed E-state index contributed by atoms with van der Waals surface area (Å²) in [6, 6.07) is 10.2. The van der Waals surface area contributed by atoms with Crippen molar-refractivity contribution >= 4 is 46.4 Å². The Morgan fingerprint density at radius 1 is 1.18 bits per heavy atom. The van der Waals surface area contributed by atoms with Gasteiger partial charge in [0.25, 0.3) is 5.91 Å². The van der Waals surface area contributed by atoms with Gasteiger partial charge in [0.2, 0.25) is 17.6 Å². The summed E-state index contributed by atoms with van der Waals surface area (Å²) in [5.74, 6) is -1.53. The van der Waals surface area contributed by atoms with Crippen LogP contribution in [0.1, 0.15) is 25.3 Å². The number of methoxy groups -OCH3 is 2. The Bertz CT molecular complexity index is 1220. The summed E-state index contributed by atoms with van der Waals surface area (Å²) in [5, 5.41) is 13.1. The van der Waals surface area contributed by atoms with E-state index in [4.69, 9.17) is 20.9 Å². The number of amides is 3. The van der Waals surface area contributed by atoms with Gasteiger partial charge in [-0.2, -0.15) is 0 Å². The fourth-order valence-corrected chi connectivity index (χ4v) is 4.75. The number of thioether (sulfide) groups is 1. The van der Waals surface area contributed by atoms with Gasteiger partial charge in [-0.25, -0.2) is 4.99 Å². The molecule has 2 unspecified atom stereocenters. The lowest BCUT2D eigenvalue weighted by molar-refractivity contribution is -0.134. The van der Waals surface area contributed by atoms with Crippen molar-refractivity contribution in [2.75, 3.05) is 20.8 Å². The largest absolute Gasteiger partial charge is 0.502 e. The topological polar surface area (TPSA) is 170 Å². The maximum Gasteiger partial charge on any atom is 0.267 e. The SMILES string of the molecule is COc1cc(C=C2SC(=Nc3ccccc3)N(C(C)C(=O)NC(CCCN)C(N)=O)C2=O)cc(OC)c1O. The smallest absolute Gasteiger partial charge is 0.267 e. The number of para-hydroxylation sites is 1. The summed E-state index contributed by atoms with van der Waals surface area (Å²) >= 11 is 1.09. The number of primary amides is 1. The van der Waals surface area contributed by atoms with Gasteiger partial charge in [0.15, 0.2) is 16.7 Å². The third-order valence-electron chi connectivity index (χ3n) is 5.74. The first-order chi connectivity index (χ1) is 18.2. The van der Waals surface area contributed by atoms with Gasteiger partial charge in [0, 0.05) is 0 Å². The summed E-state index contributed by atoms with van der Waals surface area (Å²) in [6.07, 6.45) is 2.37. The average Bonchev–Trinajstić information content (AvgIpc) is 3.20. The summed E-state index contributed by atoms with van der Waals surface area (Å²) in [6.45, 7) is 1.89. The number of rotatable bonds is 11. The van der Waals surface area contributed by atoms with E-state index in [2.05, 4.69) is 10.3 Å². The zero-order chi connectivity index (χ0) is 27.8. The van der Waals surface area contributed by atoms with Gasteiger partial charge in [-0.15, -0.1) is 0 Å². The van der Waals surface area contributed by atoms with Crippen LogP contribution >= 0.6 is 11.8 Å². The van der Waals surface area contributed by atoms with Crippen molar-refractivity contribution < 1.29 is 29.0 Å². The normalized spacial score (nSPS) is 16.9. The number of amidine groups is 1. The molecule has 1 aliphatic heterocycles. The lowest BCUT2D eigenvalue weighted by atomic mass is 10.1. The lowest BCUT2D eigenvalue weighted by Gasteiger charge is -2.25. The molecule has 3 rings (SSSR count). The number of hydrogen-bond acceptors (Lipinski definition) is 9. The van der Waals surface area contributed by atoms with Crippen LogP contribution in [0.2, 0.25) is 0 Å². The predicted molar refractivity (Wildman–Crippen MR) is 146 cm³/mol. The van der Waals surface area contributed by atoms with Crippen LogP contribution in [-0.2, 0) is 14.4 Å². The highest BCUT2D eigenvalue weighted by Gasteiger charge is 2.40. The molecule has 1 aliphatic rings. The fourth-order valence-electron chi connectivity index (χ4n) is 3.68. The molecule has 0 bridgehead atoms. The van der Waals surface area contributed by atoms with Gasteiger partial charge in [-0.1, -0.05) is 18.2 Å². The molecule has 3 amide bonds. The second-order valence-corrected chi connectivity index (χ2v) is 9.37. The van der Waals surface area contributed by atoms with E-state index in [0.29, 0.717) is 24.2 Å². The number of phenolic OH excluding ortho intramolecular Hbond substituents is 1. The van der Waals surface area contributed by atoms with E-state index < -0.39 is 29.8 Å². The maximum absolute atomic E-state index is 13.6. The number of carbonyl (C=O) groups is 3. The van der Waals surface area contributed by atoms with Crippen molar-refractivity contribution in [1.29, 1.82) is 0 Å². The van der Waals surface area contributed by atoms with Gasteiger partial charge in [-0.3, -0.25) is 19.3 Å². The number of nitrogens with zero attached hydrogens (tertiary/aromatic N) is 2. The lowest BCUT2D eigenvalue weighted by Crippen LogP contribution is -2.53. The van der Waals surface area contributed by atoms with Crippen molar-refractivity contribution in [3.05, 3.63) is 52.9 Å². The van der Waals surface area contributed by atoms with E-state index >= 15 is 0 Å². The molecule has 2 aromatic carbocycles. The van der Waals surface area contributed by atoms with Crippen LogP contribution in [0.5, 0.6) is 17.2 Å². The van der Waals surface area contributed by atoms with E-state index in [1.807, 2.05) is 18.2 Å². The summed E-state index contributed by atoms with van der Waals surface area (Å²) in [7, 11) is 2.81. The Morgan fingerprint density at radius 3 is 2.37 bits per heavy atom. The molecule has 0 spiro atoms. The van der Waals surface area contributed by atoms with Crippen molar-refractivity contribution in [3.8, 4) is 17.2 Å². The van der Waals surface area contributed by atoms with Crippen LogP contribution in [0.3, 0.4) is 0 Å². The molecule has 1 saturated heterocycles. The minimum Gasteiger partial charge on any atom is -0.502 e. The number of nitrogens with two attached hydrogens (primary N) is 2. The van der Waals surface area contributed by atoms with Crippen molar-refractivity contribution in [2.24, 2.45) is 16.5 Å². The van der Waals surface area contributed by atoms with Crippen molar-refractivity contribution in [3.63, 3.8) is 0 Å². The van der Waals surface area contributed by atoms with E-state index in [0.717, 1.165) is 11.8 Å². The Balaban J connectivity index is 1.99. The highest BCUT2D eigenvalue weighted by Crippen LogP contribution is 2.40. The Morgan fingerprint density at radius 2 is 1.82 bits per heavy atom. The molecule has 12 heteroatoms. The van der Waals surface area contributed by atoms with Gasteiger partial charge in [0.05, 0.1) is 24.8 Å². The van der Waals surface area contributed by atoms with Crippen LogP contribution in [0.25, 0.3) is 6.08 Å². The zero-order valence-electron chi connectivity index (χ0n) is 21.3. The number of phenols is 1. The van der Waals surface area contributed by atoms with Gasteiger partial charge in [-0.05, 0) is 74.0 Å². The molecule has 11 nitrogen and oxygen atoms in total. The second kappa shape index (κ2) is 13.0. The maximum atomic E-state index is 13.6. The fraction of sp³-hybridized carbons (Fsp3) is 0.308. The molecule has 1 fully saturated rings. The standard InChI is InChI=1S/C26H31N5O6S/c1-15(24(34)30-18(23(28)33)10-7-11-27)31-25(35)21(38-26(31)29-17-8-5-4-6-9-17)14-16-12-19(36-2)22(32)20(13-16)37-3/h4-6,8-9,12-15,18,32H,7,10-11,27H2,1-3H3,(H2,28,33)(H,30,34). The van der Waals surface area contributed by atoms with E-state index in [-0.39, 0.29) is 33.7 Å². The summed E-state index contributed by atoms with van der Waals surface area (Å²) in [5.41, 5.74) is 12.1. The van der Waals surface area contributed by atoms with Crippen molar-refractivity contribution in [1.82, 2.24) is 10.2 Å². The number of nitrogens with one attached hydrogen (secondary N) is 1. The van der Waals surface area contributed by atoms with Gasteiger partial charge in [0.1, 0.15) is 12.1 Å². The summed E-state index contributed by atoms with van der Waals surface area (Å²) in [4.78, 5) is 44.7. The van der Waals surface area contributed by atoms with E-state index in [1.54, 1.807) is 37.3 Å². The number of carbonyl (C=O) groups excluding carboxylic acids is 3. The number of aromatic hydroxyl groups is 1. The Kier molecular flexibility index (Phi) is 9.74. The van der Waals surface area contributed by atoms with Crippen LogP contribution in [0, 0.1) is 0 Å². The van der Waals surface area contributed by atoms with Gasteiger partial charge < -0.3 is 31.4 Å². The highest BCUT2D eigenvalue weighted by molar-refractivity contribution is 8.18. The third kappa shape index (κ3) is 6.64. The first kappa shape index (κ1) is 28.5. The Labute approximate surface area is 224 Å². The number of hydrogen-bond donors (Lipinski definition) is 4. The molecule has 6 N–H and O–H groups in total. The van der Waals surface area contributed by atoms with E-state index in [9.17, 15) is 19.5 Å². The molecule has 1 heterocycles. The molecule has 38 heavy (non-hydrogen) atoms. The molecular weight excluding hydrogens is 510 g/mol. The number of benzene rings is 2. The zero-order valence-corrected chi connectivity index (χ0v) is 22.2. The average molecular weight is 542 g/mol. The molecule has 2 aromatic rings. The molecule has 0 saturated carbocycles. The predicted octanol–water partition coefficient (Wildman–Crippen LogP) is 2.11. The van der Waals surface area contributed by atoms with Gasteiger partial charge >= 0.3 is 0 Å². The molecule has 0 radical (unpaired) electrons. The summed E-state index contributed by atoms with van der Waals surface area (Å²) < 4.78 is 10.4. The first-order valence-electron chi connectivity index (χ1n) is 11.8. The molecule has 202 valence electrons. The van der Waals surface area contributed by atoms with Crippen molar-refractivity contribution in [2.45, 2.75) is 31.8 Å². The Hall–Kier alpha value is -4.03. The van der Waals surface area contributed by atoms with Crippen LogP contribution in [0.4, 0.5) is 5.69 Å². The minimum absolute atomic E-state index is 0.167. The third-order valence-corrected chi connectivity index (χ3v) is 6.72. The number of ether oxygens (including phenoxy) is 2. The first-order valence-corrected chi connectivity index (χ1v) is 12.6. The highest BCUT2D eigenvalue weighted by atomic mass is 32.2. The van der Waals surface area contributed by atoms with E-state index in [1.165, 1.54) is 19.1 Å². The molecule has 2 atom stereocenters. The molecule has 0 aliphatic carbocycles. The van der Waals surface area contributed by atoms with Crippen LogP contribution in [-0.4, -0.2) is 65.7 Å². The number of aliphatic imine (C=N–C) groups is 1. The quantitative estimate of drug-likeness (QED) is 0.314. The monoisotopic (exact) mass is 541 g/mol. The minimum atomic E-state index is -1.01. The molecular formula is C26H31N5O6S. The van der Waals surface area contributed by atoms with Crippen LogP contribution < -0.4 is 26.3 Å². The molecule has 0 aromatic heterocycles.